The van der Waals surface area contributed by atoms with E-state index in [-0.39, 0.29) is 6.04 Å². The van der Waals surface area contributed by atoms with Crippen LogP contribution in [-0.2, 0) is 4.74 Å². The molecule has 3 rings (SSSR count). The molecule has 16 heavy (non-hydrogen) atoms. The second-order valence-electron chi connectivity index (χ2n) is 4.55. The van der Waals surface area contributed by atoms with Crippen molar-refractivity contribution >= 4 is 0 Å². The van der Waals surface area contributed by atoms with E-state index < -0.39 is 0 Å². The third kappa shape index (κ3) is 1.97. The normalized spacial score (nSPS) is 30.8. The minimum Gasteiger partial charge on any atom is -0.381 e. The van der Waals surface area contributed by atoms with Gasteiger partial charge in [-0.05, 0) is 25.8 Å². The van der Waals surface area contributed by atoms with E-state index in [0.29, 0.717) is 5.92 Å². The van der Waals surface area contributed by atoms with Gasteiger partial charge in [-0.2, -0.15) is 4.98 Å². The third-order valence-corrected chi connectivity index (χ3v) is 3.36. The van der Waals surface area contributed by atoms with Gasteiger partial charge in [0.05, 0.1) is 12.6 Å². The van der Waals surface area contributed by atoms with E-state index in [1.54, 1.807) is 0 Å². The number of hydrogen-bond donors (Lipinski definition) is 1. The fourth-order valence-corrected chi connectivity index (χ4v) is 2.36. The number of hydrogen-bond acceptors (Lipinski definition) is 5. The first-order valence-corrected chi connectivity index (χ1v) is 6.08. The second kappa shape index (κ2) is 4.51. The lowest BCUT2D eigenvalue weighted by Crippen LogP contribution is -2.27. The molecular weight excluding hydrogens is 206 g/mol. The summed E-state index contributed by atoms with van der Waals surface area (Å²) in [6.07, 6.45) is 4.59. The molecule has 2 aliphatic heterocycles. The average molecular weight is 223 g/mol. The SMILES string of the molecule is C1CCC(c2nc(C3CCOC3)no2)NC1. The highest BCUT2D eigenvalue weighted by Gasteiger charge is 2.26. The van der Waals surface area contributed by atoms with Gasteiger partial charge >= 0.3 is 0 Å². The number of nitrogens with one attached hydrogen (secondary N) is 1. The molecule has 0 aliphatic carbocycles. The van der Waals surface area contributed by atoms with E-state index in [2.05, 4.69) is 15.5 Å². The molecule has 0 amide bonds. The summed E-state index contributed by atoms with van der Waals surface area (Å²) in [5.74, 6) is 1.91. The standard InChI is InChI=1S/C11H17N3O2/c1-2-5-12-9(3-1)11-13-10(14-16-11)8-4-6-15-7-8/h8-9,12H,1-7H2. The molecule has 2 saturated heterocycles. The Balaban J connectivity index is 1.71. The van der Waals surface area contributed by atoms with Gasteiger partial charge < -0.3 is 14.6 Å². The molecule has 2 fully saturated rings. The lowest BCUT2D eigenvalue weighted by Gasteiger charge is -2.19. The van der Waals surface area contributed by atoms with Gasteiger partial charge in [0.25, 0.3) is 0 Å². The maximum atomic E-state index is 5.34. The molecule has 0 spiro atoms. The van der Waals surface area contributed by atoms with Gasteiger partial charge in [0.1, 0.15) is 0 Å². The average Bonchev–Trinajstić information content (AvgIpc) is 3.01. The van der Waals surface area contributed by atoms with Gasteiger partial charge in [-0.1, -0.05) is 11.6 Å². The van der Waals surface area contributed by atoms with Gasteiger partial charge in [-0.3, -0.25) is 0 Å². The molecule has 3 heterocycles. The second-order valence-corrected chi connectivity index (χ2v) is 4.55. The van der Waals surface area contributed by atoms with Crippen LogP contribution in [0.25, 0.3) is 0 Å². The van der Waals surface area contributed by atoms with E-state index in [9.17, 15) is 0 Å². The minimum atomic E-state index is 0.261. The summed E-state index contributed by atoms with van der Waals surface area (Å²) in [5, 5.41) is 7.48. The van der Waals surface area contributed by atoms with Crippen molar-refractivity contribution in [3.8, 4) is 0 Å². The van der Waals surface area contributed by atoms with Crippen molar-refractivity contribution in [3.05, 3.63) is 11.7 Å². The van der Waals surface area contributed by atoms with Crippen LogP contribution < -0.4 is 5.32 Å². The Morgan fingerprint density at radius 1 is 1.25 bits per heavy atom. The lowest BCUT2D eigenvalue weighted by molar-refractivity contribution is 0.192. The first kappa shape index (κ1) is 10.2. The van der Waals surface area contributed by atoms with Crippen LogP contribution in [-0.4, -0.2) is 29.9 Å². The van der Waals surface area contributed by atoms with Crippen molar-refractivity contribution < 1.29 is 9.26 Å². The molecule has 2 aliphatic rings. The van der Waals surface area contributed by atoms with Crippen LogP contribution in [0.4, 0.5) is 0 Å². The van der Waals surface area contributed by atoms with E-state index in [0.717, 1.165) is 44.3 Å². The molecule has 1 aromatic rings. The summed E-state index contributed by atoms with van der Waals surface area (Å²) < 4.78 is 10.7. The van der Waals surface area contributed by atoms with Gasteiger partial charge in [-0.25, -0.2) is 0 Å². The number of ether oxygens (including phenoxy) is 1. The molecule has 88 valence electrons. The largest absolute Gasteiger partial charge is 0.381 e. The summed E-state index contributed by atoms with van der Waals surface area (Å²) in [6, 6.07) is 0.261. The van der Waals surface area contributed by atoms with Crippen LogP contribution in [0, 0.1) is 0 Å². The van der Waals surface area contributed by atoms with Crippen LogP contribution in [0.5, 0.6) is 0 Å². The Kier molecular flexibility index (Phi) is 2.88. The predicted molar refractivity (Wildman–Crippen MR) is 57.1 cm³/mol. The zero-order valence-electron chi connectivity index (χ0n) is 9.32. The molecule has 0 radical (unpaired) electrons. The Morgan fingerprint density at radius 3 is 3.00 bits per heavy atom. The quantitative estimate of drug-likeness (QED) is 0.821. The maximum Gasteiger partial charge on any atom is 0.243 e. The Hall–Kier alpha value is -0.940. The summed E-state index contributed by atoms with van der Waals surface area (Å²) in [7, 11) is 0. The minimum absolute atomic E-state index is 0.261. The molecular formula is C11H17N3O2. The molecule has 0 saturated carbocycles. The van der Waals surface area contributed by atoms with Crippen molar-refractivity contribution in [2.24, 2.45) is 0 Å². The Morgan fingerprint density at radius 2 is 2.25 bits per heavy atom. The van der Waals surface area contributed by atoms with E-state index in [4.69, 9.17) is 9.26 Å². The van der Waals surface area contributed by atoms with E-state index in [1.807, 2.05) is 0 Å². The van der Waals surface area contributed by atoms with Crippen LogP contribution in [0.15, 0.2) is 4.52 Å². The molecule has 2 unspecified atom stereocenters. The first-order chi connectivity index (χ1) is 7.93. The molecule has 5 nitrogen and oxygen atoms in total. The van der Waals surface area contributed by atoms with E-state index >= 15 is 0 Å². The molecule has 0 aromatic carbocycles. The van der Waals surface area contributed by atoms with Crippen molar-refractivity contribution in [2.45, 2.75) is 37.6 Å². The van der Waals surface area contributed by atoms with Crippen molar-refractivity contribution in [3.63, 3.8) is 0 Å². The fraction of sp³-hybridized carbons (Fsp3) is 0.818. The molecule has 5 heteroatoms. The highest BCUT2D eigenvalue weighted by molar-refractivity contribution is 5.00. The summed E-state index contributed by atoms with van der Waals surface area (Å²) in [4.78, 5) is 4.50. The van der Waals surface area contributed by atoms with Crippen LogP contribution in [0.3, 0.4) is 0 Å². The summed E-state index contributed by atoms with van der Waals surface area (Å²) in [6.45, 7) is 2.60. The molecule has 1 N–H and O–H groups in total. The Bertz CT molecular complexity index is 341. The maximum absolute atomic E-state index is 5.34. The Labute approximate surface area is 94.6 Å². The van der Waals surface area contributed by atoms with Gasteiger partial charge in [0.2, 0.25) is 5.89 Å². The highest BCUT2D eigenvalue weighted by atomic mass is 16.5. The number of aromatic nitrogens is 2. The van der Waals surface area contributed by atoms with Crippen molar-refractivity contribution in [1.29, 1.82) is 0 Å². The first-order valence-electron chi connectivity index (χ1n) is 6.08. The third-order valence-electron chi connectivity index (χ3n) is 3.36. The predicted octanol–water partition coefficient (Wildman–Crippen LogP) is 1.39. The van der Waals surface area contributed by atoms with Crippen molar-refractivity contribution in [2.75, 3.05) is 19.8 Å². The fourth-order valence-electron chi connectivity index (χ4n) is 2.36. The monoisotopic (exact) mass is 223 g/mol. The zero-order chi connectivity index (χ0) is 10.8. The number of rotatable bonds is 2. The van der Waals surface area contributed by atoms with E-state index in [1.165, 1.54) is 12.8 Å². The highest BCUT2D eigenvalue weighted by Crippen LogP contribution is 2.26. The number of piperidine rings is 1. The van der Waals surface area contributed by atoms with Gasteiger partial charge in [0, 0.05) is 12.5 Å². The van der Waals surface area contributed by atoms with Gasteiger partial charge in [0.15, 0.2) is 5.82 Å². The molecule has 2 atom stereocenters. The lowest BCUT2D eigenvalue weighted by atomic mass is 10.1. The number of nitrogens with zero attached hydrogens (tertiary/aromatic N) is 2. The molecule has 0 bridgehead atoms. The van der Waals surface area contributed by atoms with Crippen LogP contribution >= 0.6 is 0 Å². The zero-order valence-corrected chi connectivity index (χ0v) is 9.32. The van der Waals surface area contributed by atoms with Crippen molar-refractivity contribution in [1.82, 2.24) is 15.5 Å². The topological polar surface area (TPSA) is 60.2 Å². The molecule has 1 aromatic heterocycles. The van der Waals surface area contributed by atoms with Crippen LogP contribution in [0.2, 0.25) is 0 Å². The van der Waals surface area contributed by atoms with Crippen LogP contribution in [0.1, 0.15) is 49.4 Å². The van der Waals surface area contributed by atoms with Gasteiger partial charge in [-0.15, -0.1) is 0 Å². The summed E-state index contributed by atoms with van der Waals surface area (Å²) in [5.41, 5.74) is 0. The smallest absolute Gasteiger partial charge is 0.243 e. The summed E-state index contributed by atoms with van der Waals surface area (Å²) >= 11 is 0.